The van der Waals surface area contributed by atoms with Gasteiger partial charge in [0.2, 0.25) is 5.91 Å². The molecule has 3 rings (SSSR count). The first-order valence-electron chi connectivity index (χ1n) is 9.67. The molecule has 4 N–H and O–H groups in total. The summed E-state index contributed by atoms with van der Waals surface area (Å²) in [5, 5.41) is 17.5. The van der Waals surface area contributed by atoms with Gasteiger partial charge in [0, 0.05) is 29.7 Å². The van der Waals surface area contributed by atoms with Crippen molar-refractivity contribution in [1.29, 1.82) is 5.41 Å². The van der Waals surface area contributed by atoms with Crippen molar-refractivity contribution in [2.45, 2.75) is 6.61 Å². The molecule has 3 aromatic rings. The molecule has 0 atom stereocenters. The molecule has 0 aliphatic heterocycles. The van der Waals surface area contributed by atoms with E-state index in [1.165, 1.54) is 18.2 Å². The molecule has 0 radical (unpaired) electrons. The molecule has 164 valence electrons. The van der Waals surface area contributed by atoms with Crippen LogP contribution in [-0.4, -0.2) is 18.8 Å². The average Bonchev–Trinajstić information content (AvgIpc) is 2.78. The zero-order valence-electron chi connectivity index (χ0n) is 17.3. The number of hydrogen-bond donors (Lipinski definition) is 4. The van der Waals surface area contributed by atoms with Crippen LogP contribution >= 0.6 is 11.6 Å². The second-order valence-corrected chi connectivity index (χ2v) is 7.17. The van der Waals surface area contributed by atoms with Crippen molar-refractivity contribution in [1.82, 2.24) is 0 Å². The molecule has 8 heteroatoms. The van der Waals surface area contributed by atoms with Crippen molar-refractivity contribution in [3.8, 4) is 5.75 Å². The van der Waals surface area contributed by atoms with Gasteiger partial charge in [-0.05, 0) is 60.2 Å². The normalized spacial score (nSPS) is 10.2. The van der Waals surface area contributed by atoms with Crippen LogP contribution in [0.5, 0.6) is 5.75 Å². The minimum Gasteiger partial charge on any atom is -0.487 e. The van der Waals surface area contributed by atoms with Crippen LogP contribution in [0, 0.1) is 11.2 Å². The highest BCUT2D eigenvalue weighted by atomic mass is 35.5. The molecule has 0 fully saturated rings. The van der Waals surface area contributed by atoms with Crippen molar-refractivity contribution in [2.24, 2.45) is 0 Å². The number of halogens is 2. The number of nitrogens with one attached hydrogen (secondary N) is 4. The van der Waals surface area contributed by atoms with E-state index in [-0.39, 0.29) is 24.2 Å². The Labute approximate surface area is 190 Å². The molecule has 0 bridgehead atoms. The number of ether oxygens (including phenoxy) is 1. The summed E-state index contributed by atoms with van der Waals surface area (Å²) in [7, 11) is 1.75. The first-order chi connectivity index (χ1) is 15.4. The van der Waals surface area contributed by atoms with Gasteiger partial charge in [-0.2, -0.15) is 0 Å². The summed E-state index contributed by atoms with van der Waals surface area (Å²) in [6, 6.07) is 16.4. The zero-order chi connectivity index (χ0) is 23.1. The third-order valence-electron chi connectivity index (χ3n) is 4.50. The number of amides is 1. The second kappa shape index (κ2) is 10.5. The smallest absolute Gasteiger partial charge is 0.247 e. The number of benzene rings is 3. The lowest BCUT2D eigenvalue weighted by molar-refractivity contribution is -0.111. The summed E-state index contributed by atoms with van der Waals surface area (Å²) < 4.78 is 19.0. The predicted molar refractivity (Wildman–Crippen MR) is 127 cm³/mol. The van der Waals surface area contributed by atoms with E-state index in [9.17, 15) is 9.18 Å². The maximum Gasteiger partial charge on any atom is 0.247 e. The van der Waals surface area contributed by atoms with Gasteiger partial charge in [-0.3, -0.25) is 10.2 Å². The van der Waals surface area contributed by atoms with E-state index in [0.717, 1.165) is 0 Å². The SMILES string of the molecule is C=CC(=O)Nc1ccc(NC)c(C(=N)Nc2ccc(OCc3cccc(F)c3)c(Cl)c2)c1. The number of anilines is 3. The maximum absolute atomic E-state index is 13.3. The van der Waals surface area contributed by atoms with Crippen molar-refractivity contribution in [3.05, 3.63) is 95.3 Å². The fraction of sp³-hybridized carbons (Fsp3) is 0.0833. The molecular formula is C24H22ClFN4O2. The highest BCUT2D eigenvalue weighted by Gasteiger charge is 2.11. The minimum absolute atomic E-state index is 0.105. The summed E-state index contributed by atoms with van der Waals surface area (Å²) in [5.74, 6) is -0.121. The van der Waals surface area contributed by atoms with Gasteiger partial charge in [-0.25, -0.2) is 4.39 Å². The number of carbonyl (C=O) groups is 1. The molecule has 0 unspecified atom stereocenters. The van der Waals surface area contributed by atoms with Gasteiger partial charge in [0.05, 0.1) is 5.02 Å². The van der Waals surface area contributed by atoms with E-state index in [2.05, 4.69) is 22.5 Å². The van der Waals surface area contributed by atoms with E-state index in [4.69, 9.17) is 21.7 Å². The molecular weight excluding hydrogens is 431 g/mol. The van der Waals surface area contributed by atoms with E-state index < -0.39 is 0 Å². The van der Waals surface area contributed by atoms with Gasteiger partial charge >= 0.3 is 0 Å². The molecule has 0 heterocycles. The van der Waals surface area contributed by atoms with Crippen molar-refractivity contribution >= 4 is 40.4 Å². The summed E-state index contributed by atoms with van der Waals surface area (Å²) in [6.07, 6.45) is 1.18. The Hall–Kier alpha value is -3.84. The van der Waals surface area contributed by atoms with Crippen LogP contribution in [0.2, 0.25) is 5.02 Å². The molecule has 0 aromatic heterocycles. The lowest BCUT2D eigenvalue weighted by atomic mass is 10.1. The van der Waals surface area contributed by atoms with Crippen molar-refractivity contribution in [2.75, 3.05) is 23.0 Å². The molecule has 3 aromatic carbocycles. The summed E-state index contributed by atoms with van der Waals surface area (Å²) in [4.78, 5) is 11.6. The number of carbonyl (C=O) groups excluding carboxylic acids is 1. The van der Waals surface area contributed by atoms with E-state index in [1.807, 2.05) is 0 Å². The highest BCUT2D eigenvalue weighted by molar-refractivity contribution is 6.32. The van der Waals surface area contributed by atoms with E-state index >= 15 is 0 Å². The van der Waals surface area contributed by atoms with Gasteiger partial charge in [-0.15, -0.1) is 0 Å². The number of rotatable bonds is 8. The van der Waals surface area contributed by atoms with E-state index in [0.29, 0.717) is 39.0 Å². The molecule has 32 heavy (non-hydrogen) atoms. The van der Waals surface area contributed by atoms with Gasteiger partial charge in [-0.1, -0.05) is 30.3 Å². The fourth-order valence-corrected chi connectivity index (χ4v) is 3.17. The van der Waals surface area contributed by atoms with Crippen LogP contribution in [0.3, 0.4) is 0 Å². The Kier molecular flexibility index (Phi) is 7.46. The van der Waals surface area contributed by atoms with Gasteiger partial charge < -0.3 is 20.7 Å². The van der Waals surface area contributed by atoms with Crippen LogP contribution in [0.15, 0.2) is 73.3 Å². The highest BCUT2D eigenvalue weighted by Crippen LogP contribution is 2.29. The number of hydrogen-bond acceptors (Lipinski definition) is 4. The quantitative estimate of drug-likeness (QED) is 0.202. The molecule has 1 amide bonds. The predicted octanol–water partition coefficient (Wildman–Crippen LogP) is 5.66. The van der Waals surface area contributed by atoms with Crippen molar-refractivity contribution < 1.29 is 13.9 Å². The average molecular weight is 453 g/mol. The third kappa shape index (κ3) is 5.86. The zero-order valence-corrected chi connectivity index (χ0v) is 18.1. The Morgan fingerprint density at radius 3 is 2.56 bits per heavy atom. The van der Waals surface area contributed by atoms with Crippen LogP contribution in [0.1, 0.15) is 11.1 Å². The van der Waals surface area contributed by atoms with Gasteiger partial charge in [0.25, 0.3) is 0 Å². The Morgan fingerprint density at radius 1 is 1.12 bits per heavy atom. The van der Waals surface area contributed by atoms with E-state index in [1.54, 1.807) is 55.6 Å². The lowest BCUT2D eigenvalue weighted by Crippen LogP contribution is -2.15. The summed E-state index contributed by atoms with van der Waals surface area (Å²) in [6.45, 7) is 3.61. The molecule has 6 nitrogen and oxygen atoms in total. The molecule has 0 aliphatic rings. The first-order valence-corrected chi connectivity index (χ1v) is 10.1. The summed E-state index contributed by atoms with van der Waals surface area (Å²) in [5.41, 5.74) is 3.07. The Bertz CT molecular complexity index is 1170. The first kappa shape index (κ1) is 22.8. The van der Waals surface area contributed by atoms with Gasteiger partial charge in [0.15, 0.2) is 0 Å². The number of amidine groups is 1. The maximum atomic E-state index is 13.3. The lowest BCUT2D eigenvalue weighted by Gasteiger charge is -2.15. The van der Waals surface area contributed by atoms with Crippen LogP contribution in [0.25, 0.3) is 0 Å². The molecule has 0 saturated heterocycles. The van der Waals surface area contributed by atoms with Gasteiger partial charge in [0.1, 0.15) is 24.0 Å². The molecule has 0 aliphatic carbocycles. The Balaban J connectivity index is 1.72. The monoisotopic (exact) mass is 452 g/mol. The topological polar surface area (TPSA) is 86.2 Å². The second-order valence-electron chi connectivity index (χ2n) is 6.77. The van der Waals surface area contributed by atoms with Crippen LogP contribution in [0.4, 0.5) is 21.5 Å². The molecule has 0 saturated carbocycles. The largest absolute Gasteiger partial charge is 0.487 e. The van der Waals surface area contributed by atoms with Crippen molar-refractivity contribution in [3.63, 3.8) is 0 Å². The molecule has 0 spiro atoms. The fourth-order valence-electron chi connectivity index (χ4n) is 2.94. The Morgan fingerprint density at radius 2 is 1.88 bits per heavy atom. The standard InChI is InChI=1S/C24H22ClFN4O2/c1-3-23(31)29-17-7-9-21(28-2)19(12-17)24(27)30-18-8-10-22(20(25)13-18)32-14-15-5-4-6-16(26)11-15/h3-13,28H,1,14H2,2H3,(H2,27,30)(H,29,31). The van der Waals surface area contributed by atoms with Crippen LogP contribution < -0.4 is 20.7 Å². The summed E-state index contributed by atoms with van der Waals surface area (Å²) >= 11 is 6.33. The minimum atomic E-state index is -0.340. The third-order valence-corrected chi connectivity index (χ3v) is 4.79. The van der Waals surface area contributed by atoms with Crippen LogP contribution in [-0.2, 0) is 11.4 Å².